The number of hydrogen-bond donors (Lipinski definition) is 0. The summed E-state index contributed by atoms with van der Waals surface area (Å²) in [7, 11) is 0. The molecule has 0 saturated carbocycles. The first-order valence-corrected chi connectivity index (χ1v) is 7.48. The zero-order valence-corrected chi connectivity index (χ0v) is 13.7. The van der Waals surface area contributed by atoms with Crippen molar-refractivity contribution in [3.8, 4) is 22.8 Å². The first-order chi connectivity index (χ1) is 11.4. The molecule has 0 saturated heterocycles. The molecule has 1 heterocycles. The van der Waals surface area contributed by atoms with Gasteiger partial charge in [0.25, 0.3) is 0 Å². The van der Waals surface area contributed by atoms with Crippen molar-refractivity contribution in [3.05, 3.63) is 91.0 Å². The third kappa shape index (κ3) is 3.05. The maximum atomic E-state index is 4.70. The molecule has 0 N–H and O–H groups in total. The Morgan fingerprint density at radius 3 is 1.83 bits per heavy atom. The normalized spacial score (nSPS) is 10.2. The van der Waals surface area contributed by atoms with Crippen molar-refractivity contribution in [1.29, 1.82) is 0 Å². The lowest BCUT2D eigenvalue weighted by Gasteiger charge is -1.98. The van der Waals surface area contributed by atoms with Crippen LogP contribution in [-0.4, -0.2) is 15.0 Å². The van der Waals surface area contributed by atoms with Crippen LogP contribution < -0.4 is 4.80 Å². The molecule has 24 heavy (non-hydrogen) atoms. The highest BCUT2D eigenvalue weighted by molar-refractivity contribution is 5.85. The third-order valence-corrected chi connectivity index (χ3v) is 3.56. The minimum absolute atomic E-state index is 0. The Morgan fingerprint density at radius 2 is 1.21 bits per heavy atom. The number of benzene rings is 3. The Kier molecular flexibility index (Phi) is 4.68. The van der Waals surface area contributed by atoms with E-state index in [0.29, 0.717) is 5.82 Å². The summed E-state index contributed by atoms with van der Waals surface area (Å²) in [5.41, 5.74) is 2.92. The van der Waals surface area contributed by atoms with Gasteiger partial charge in [-0.05, 0) is 46.3 Å². The Morgan fingerprint density at radius 1 is 0.667 bits per heavy atom. The Hall–Kier alpha value is -2.98. The largest absolute Gasteiger partial charge is 0.340 e. The Labute approximate surface area is 146 Å². The lowest BCUT2D eigenvalue weighted by molar-refractivity contribution is -0.734. The van der Waals surface area contributed by atoms with Gasteiger partial charge in [0.15, 0.2) is 5.69 Å². The number of tetrazole rings is 1. The van der Waals surface area contributed by atoms with Crippen LogP contribution in [0, 0.1) is 0 Å². The lowest BCUT2D eigenvalue weighted by Crippen LogP contribution is -2.43. The smallest absolute Gasteiger partial charge is 0.147 e. The van der Waals surface area contributed by atoms with Gasteiger partial charge in [-0.2, -0.15) is 0 Å². The summed E-state index contributed by atoms with van der Waals surface area (Å²) >= 11 is 0. The van der Waals surface area contributed by atoms with Crippen molar-refractivity contribution in [1.82, 2.24) is 15.0 Å². The second kappa shape index (κ2) is 7.06. The van der Waals surface area contributed by atoms with Gasteiger partial charge < -0.3 is 0 Å². The minimum Gasteiger partial charge on any atom is -0.147 e. The van der Waals surface area contributed by atoms with E-state index in [-0.39, 0.29) is 12.4 Å². The van der Waals surface area contributed by atoms with Gasteiger partial charge in [0.2, 0.25) is 0 Å². The van der Waals surface area contributed by atoms with Crippen LogP contribution in [0.25, 0.3) is 22.8 Å². The standard InChI is InChI=1S/C19H15N4.ClH/c1-4-10-16(11-5-1)19-20-22(17-12-6-2-7-13-17)23(21-19)18-14-8-3-9-15-18;/h1-15H;1H/q+1;. The molecule has 5 heteroatoms. The first kappa shape index (κ1) is 15.9. The van der Waals surface area contributed by atoms with E-state index in [4.69, 9.17) is 10.2 Å². The molecular formula is C19H16ClN4+. The number of nitrogens with zero attached hydrogens (tertiary/aromatic N) is 4. The molecule has 0 aliphatic rings. The summed E-state index contributed by atoms with van der Waals surface area (Å²) in [6.07, 6.45) is 0. The van der Waals surface area contributed by atoms with Gasteiger partial charge in [-0.1, -0.05) is 54.6 Å². The van der Waals surface area contributed by atoms with Crippen LogP contribution in [0.1, 0.15) is 0 Å². The van der Waals surface area contributed by atoms with Crippen LogP contribution >= 0.6 is 12.4 Å². The molecule has 1 aromatic heterocycles. The van der Waals surface area contributed by atoms with Crippen LogP contribution in [0.3, 0.4) is 0 Å². The fourth-order valence-corrected chi connectivity index (χ4v) is 2.44. The Bertz CT molecular complexity index is 849. The molecule has 4 aromatic rings. The summed E-state index contributed by atoms with van der Waals surface area (Å²) < 4.78 is 0. The topological polar surface area (TPSA) is 34.6 Å². The predicted molar refractivity (Wildman–Crippen MR) is 95.6 cm³/mol. The van der Waals surface area contributed by atoms with Gasteiger partial charge in [0, 0.05) is 4.80 Å². The van der Waals surface area contributed by atoms with E-state index in [1.807, 2.05) is 101 Å². The van der Waals surface area contributed by atoms with Gasteiger partial charge in [0.1, 0.15) is 5.69 Å². The van der Waals surface area contributed by atoms with Gasteiger partial charge >= 0.3 is 5.82 Å². The van der Waals surface area contributed by atoms with E-state index in [1.165, 1.54) is 0 Å². The van der Waals surface area contributed by atoms with E-state index in [9.17, 15) is 0 Å². The average Bonchev–Trinajstić information content (AvgIpc) is 3.09. The van der Waals surface area contributed by atoms with E-state index in [1.54, 1.807) is 0 Å². The molecule has 0 aliphatic heterocycles. The second-order valence-electron chi connectivity index (χ2n) is 5.14. The SMILES string of the molecule is Cl.c1ccc(-c2nn(-c3ccccc3)[n+](-c3ccccc3)n2)cc1. The molecule has 0 radical (unpaired) electrons. The fraction of sp³-hybridized carbons (Fsp3) is 0. The summed E-state index contributed by atoms with van der Waals surface area (Å²) in [5.74, 6) is 0.693. The number of para-hydroxylation sites is 2. The van der Waals surface area contributed by atoms with Crippen molar-refractivity contribution < 1.29 is 4.80 Å². The predicted octanol–water partition coefficient (Wildman–Crippen LogP) is 3.63. The molecule has 0 bridgehead atoms. The molecule has 4 rings (SSSR count). The second-order valence-corrected chi connectivity index (χ2v) is 5.14. The number of rotatable bonds is 3. The molecule has 4 nitrogen and oxygen atoms in total. The molecule has 0 aliphatic carbocycles. The van der Waals surface area contributed by atoms with Crippen molar-refractivity contribution in [2.45, 2.75) is 0 Å². The maximum absolute atomic E-state index is 4.70. The molecule has 0 fully saturated rings. The number of halogens is 1. The number of hydrogen-bond acceptors (Lipinski definition) is 2. The van der Waals surface area contributed by atoms with E-state index >= 15 is 0 Å². The molecule has 118 valence electrons. The first-order valence-electron chi connectivity index (χ1n) is 7.48. The molecule has 3 aromatic carbocycles. The van der Waals surface area contributed by atoms with E-state index in [0.717, 1.165) is 16.9 Å². The van der Waals surface area contributed by atoms with E-state index < -0.39 is 0 Å². The summed E-state index contributed by atoms with van der Waals surface area (Å²) in [6, 6.07) is 30.0. The van der Waals surface area contributed by atoms with Crippen LogP contribution in [0.15, 0.2) is 91.0 Å². The van der Waals surface area contributed by atoms with Crippen LogP contribution in [0.2, 0.25) is 0 Å². The Balaban J connectivity index is 0.00000169. The quantitative estimate of drug-likeness (QED) is 0.536. The molecule has 0 unspecified atom stereocenters. The third-order valence-electron chi connectivity index (χ3n) is 3.56. The highest BCUT2D eigenvalue weighted by atomic mass is 35.5. The van der Waals surface area contributed by atoms with Crippen molar-refractivity contribution in [2.24, 2.45) is 0 Å². The minimum atomic E-state index is 0. The zero-order chi connectivity index (χ0) is 15.5. The van der Waals surface area contributed by atoms with Crippen molar-refractivity contribution in [3.63, 3.8) is 0 Å². The summed E-state index contributed by atoms with van der Waals surface area (Å²) in [5, 5.41) is 9.39. The molecular weight excluding hydrogens is 320 g/mol. The van der Waals surface area contributed by atoms with Gasteiger partial charge in [-0.25, -0.2) is 0 Å². The number of aromatic nitrogens is 4. The maximum Gasteiger partial charge on any atom is 0.340 e. The van der Waals surface area contributed by atoms with Crippen LogP contribution in [0.4, 0.5) is 0 Å². The highest BCUT2D eigenvalue weighted by Crippen LogP contribution is 2.14. The summed E-state index contributed by atoms with van der Waals surface area (Å²) in [6.45, 7) is 0. The van der Waals surface area contributed by atoms with E-state index in [2.05, 4.69) is 0 Å². The van der Waals surface area contributed by atoms with Crippen molar-refractivity contribution in [2.75, 3.05) is 0 Å². The van der Waals surface area contributed by atoms with Gasteiger partial charge in [0.05, 0.1) is 10.7 Å². The van der Waals surface area contributed by atoms with Gasteiger partial charge in [-0.15, -0.1) is 12.4 Å². The summed E-state index contributed by atoms with van der Waals surface area (Å²) in [4.78, 5) is 3.63. The lowest BCUT2D eigenvalue weighted by atomic mass is 10.2. The highest BCUT2D eigenvalue weighted by Gasteiger charge is 2.22. The fourth-order valence-electron chi connectivity index (χ4n) is 2.44. The van der Waals surface area contributed by atoms with Crippen LogP contribution in [-0.2, 0) is 0 Å². The molecule has 0 spiro atoms. The van der Waals surface area contributed by atoms with Crippen LogP contribution in [0.5, 0.6) is 0 Å². The molecule has 0 amide bonds. The molecule has 0 atom stereocenters. The van der Waals surface area contributed by atoms with Crippen molar-refractivity contribution >= 4 is 12.4 Å². The average molecular weight is 336 g/mol. The monoisotopic (exact) mass is 335 g/mol. The van der Waals surface area contributed by atoms with Gasteiger partial charge in [-0.3, -0.25) is 0 Å². The zero-order valence-electron chi connectivity index (χ0n) is 12.9.